The fourth-order valence-corrected chi connectivity index (χ4v) is 2.88. The fourth-order valence-electron chi connectivity index (χ4n) is 2.88. The molecule has 3 rings (SSSR count). The molecule has 0 atom stereocenters. The van der Waals surface area contributed by atoms with E-state index in [4.69, 9.17) is 4.74 Å². The van der Waals surface area contributed by atoms with E-state index in [0.717, 1.165) is 28.3 Å². The van der Waals surface area contributed by atoms with E-state index in [0.29, 0.717) is 25.4 Å². The van der Waals surface area contributed by atoms with E-state index >= 15 is 0 Å². The van der Waals surface area contributed by atoms with Gasteiger partial charge in [-0.1, -0.05) is 26.0 Å². The highest BCUT2D eigenvalue weighted by atomic mass is 16.5. The van der Waals surface area contributed by atoms with Gasteiger partial charge in [-0.25, -0.2) is 9.97 Å². The maximum absolute atomic E-state index is 12.0. The molecule has 0 aliphatic rings. The summed E-state index contributed by atoms with van der Waals surface area (Å²) in [6, 6.07) is 11.7. The highest BCUT2D eigenvalue weighted by Gasteiger charge is 2.14. The fraction of sp³-hybridized carbons (Fsp3) is 0.350. The topological polar surface area (TPSA) is 69.0 Å². The maximum Gasteiger partial charge on any atom is 0.220 e. The summed E-state index contributed by atoms with van der Waals surface area (Å²) in [5.74, 6) is 1.96. The molecule has 1 aromatic carbocycles. The summed E-state index contributed by atoms with van der Waals surface area (Å²) in [6.07, 6.45) is 2.27. The smallest absolute Gasteiger partial charge is 0.220 e. The molecule has 0 spiro atoms. The molecule has 1 N–H and O–H groups in total. The molecule has 0 fully saturated rings. The molecule has 0 aliphatic carbocycles. The minimum atomic E-state index is 0.0351. The first-order valence-electron chi connectivity index (χ1n) is 8.76. The number of carbonyl (C=O) groups excluding carboxylic acids is 1. The summed E-state index contributed by atoms with van der Waals surface area (Å²) in [5, 5.41) is 2.97. The number of benzene rings is 1. The zero-order valence-electron chi connectivity index (χ0n) is 15.4. The van der Waals surface area contributed by atoms with Crippen LogP contribution in [0.1, 0.15) is 31.7 Å². The molecule has 0 unspecified atom stereocenters. The van der Waals surface area contributed by atoms with Gasteiger partial charge in [0.15, 0.2) is 5.65 Å². The van der Waals surface area contributed by atoms with Crippen molar-refractivity contribution >= 4 is 17.1 Å². The lowest BCUT2D eigenvalue weighted by Crippen LogP contribution is -2.25. The molecule has 136 valence electrons. The first-order chi connectivity index (χ1) is 12.6. The van der Waals surface area contributed by atoms with Crippen molar-refractivity contribution in [1.82, 2.24) is 19.9 Å². The Kier molecular flexibility index (Phi) is 5.51. The number of hydrogen-bond acceptors (Lipinski definition) is 4. The molecule has 0 bridgehead atoms. The van der Waals surface area contributed by atoms with Crippen LogP contribution in [0.5, 0.6) is 5.75 Å². The molecule has 2 aromatic heterocycles. The summed E-state index contributed by atoms with van der Waals surface area (Å²) in [7, 11) is 1.66. The summed E-state index contributed by atoms with van der Waals surface area (Å²) in [5.41, 5.74) is 2.72. The van der Waals surface area contributed by atoms with Crippen LogP contribution in [0.2, 0.25) is 0 Å². The normalized spacial score (nSPS) is 11.1. The van der Waals surface area contributed by atoms with Crippen LogP contribution in [0.3, 0.4) is 0 Å². The molecular weight excluding hydrogens is 328 g/mol. The third-order valence-electron chi connectivity index (χ3n) is 4.09. The van der Waals surface area contributed by atoms with Crippen LogP contribution < -0.4 is 10.1 Å². The minimum Gasteiger partial charge on any atom is -0.497 e. The van der Waals surface area contributed by atoms with E-state index in [1.54, 1.807) is 13.3 Å². The zero-order chi connectivity index (χ0) is 18.5. The number of nitrogens with one attached hydrogen (secondary N) is 1. The van der Waals surface area contributed by atoms with Gasteiger partial charge < -0.3 is 14.6 Å². The Morgan fingerprint density at radius 1 is 1.27 bits per heavy atom. The number of rotatable bonds is 7. The van der Waals surface area contributed by atoms with E-state index < -0.39 is 0 Å². The summed E-state index contributed by atoms with van der Waals surface area (Å²) >= 11 is 0. The van der Waals surface area contributed by atoms with Gasteiger partial charge in [-0.05, 0) is 35.7 Å². The number of amides is 1. The third kappa shape index (κ3) is 4.20. The standard InChI is InChI=1S/C20H24N4O2/c1-14(2)10-19(25)22-12-18-23-17-8-5-9-21-20(17)24(18)13-15-6-4-7-16(11-15)26-3/h4-9,11,14H,10,12-13H2,1-3H3,(H,22,25). The van der Waals surface area contributed by atoms with E-state index in [1.807, 2.05) is 54.8 Å². The van der Waals surface area contributed by atoms with Gasteiger partial charge in [0, 0.05) is 12.6 Å². The molecule has 6 heteroatoms. The number of carbonyl (C=O) groups is 1. The van der Waals surface area contributed by atoms with Crippen molar-refractivity contribution in [3.05, 3.63) is 54.0 Å². The Labute approximate surface area is 153 Å². The Morgan fingerprint density at radius 3 is 2.88 bits per heavy atom. The van der Waals surface area contributed by atoms with E-state index in [1.165, 1.54) is 0 Å². The van der Waals surface area contributed by atoms with Gasteiger partial charge in [0.05, 0.1) is 20.2 Å². The Hall–Kier alpha value is -2.89. The van der Waals surface area contributed by atoms with Gasteiger partial charge in [0.2, 0.25) is 5.91 Å². The van der Waals surface area contributed by atoms with Gasteiger partial charge >= 0.3 is 0 Å². The third-order valence-corrected chi connectivity index (χ3v) is 4.09. The monoisotopic (exact) mass is 352 g/mol. The number of nitrogens with zero attached hydrogens (tertiary/aromatic N) is 3. The van der Waals surface area contributed by atoms with Crippen LogP contribution in [-0.4, -0.2) is 27.6 Å². The lowest BCUT2D eigenvalue weighted by Gasteiger charge is -2.11. The average molecular weight is 352 g/mol. The Morgan fingerprint density at radius 2 is 2.12 bits per heavy atom. The van der Waals surface area contributed by atoms with Crippen LogP contribution in [0.15, 0.2) is 42.6 Å². The highest BCUT2D eigenvalue weighted by molar-refractivity contribution is 5.76. The molecule has 0 saturated carbocycles. The maximum atomic E-state index is 12.0. The van der Waals surface area contributed by atoms with Gasteiger partial charge in [-0.15, -0.1) is 0 Å². The molecule has 1 amide bonds. The minimum absolute atomic E-state index is 0.0351. The van der Waals surface area contributed by atoms with Crippen LogP contribution in [0.4, 0.5) is 0 Å². The second-order valence-electron chi connectivity index (χ2n) is 6.69. The zero-order valence-corrected chi connectivity index (χ0v) is 15.4. The molecule has 6 nitrogen and oxygen atoms in total. The number of ether oxygens (including phenoxy) is 1. The van der Waals surface area contributed by atoms with Crippen LogP contribution >= 0.6 is 0 Å². The summed E-state index contributed by atoms with van der Waals surface area (Å²) in [4.78, 5) is 21.1. The van der Waals surface area contributed by atoms with Crippen LogP contribution in [0, 0.1) is 5.92 Å². The van der Waals surface area contributed by atoms with Crippen molar-refractivity contribution in [1.29, 1.82) is 0 Å². The largest absolute Gasteiger partial charge is 0.497 e. The lowest BCUT2D eigenvalue weighted by molar-refractivity contribution is -0.122. The number of imidazole rings is 1. The van der Waals surface area contributed by atoms with Crippen molar-refractivity contribution in [2.75, 3.05) is 7.11 Å². The molecule has 0 aliphatic heterocycles. The van der Waals surface area contributed by atoms with Crippen LogP contribution in [0.25, 0.3) is 11.2 Å². The Bertz CT molecular complexity index is 902. The van der Waals surface area contributed by atoms with Gasteiger partial charge in [-0.3, -0.25) is 4.79 Å². The van der Waals surface area contributed by atoms with Crippen molar-refractivity contribution < 1.29 is 9.53 Å². The second-order valence-corrected chi connectivity index (χ2v) is 6.69. The van der Waals surface area contributed by atoms with Crippen molar-refractivity contribution in [2.45, 2.75) is 33.4 Å². The second kappa shape index (κ2) is 7.99. The summed E-state index contributed by atoms with van der Waals surface area (Å²) in [6.45, 7) is 5.05. The van der Waals surface area contributed by atoms with E-state index in [2.05, 4.69) is 15.3 Å². The molecule has 26 heavy (non-hydrogen) atoms. The lowest BCUT2D eigenvalue weighted by atomic mass is 10.1. The number of methoxy groups -OCH3 is 1. The van der Waals surface area contributed by atoms with Gasteiger partial charge in [-0.2, -0.15) is 0 Å². The highest BCUT2D eigenvalue weighted by Crippen LogP contribution is 2.19. The summed E-state index contributed by atoms with van der Waals surface area (Å²) < 4.78 is 7.35. The van der Waals surface area contributed by atoms with Crippen molar-refractivity contribution in [2.24, 2.45) is 5.92 Å². The molecular formula is C20H24N4O2. The number of fused-ring (bicyclic) bond motifs is 1. The number of pyridine rings is 1. The first-order valence-corrected chi connectivity index (χ1v) is 8.76. The predicted octanol–water partition coefficient (Wildman–Crippen LogP) is 3.15. The molecule has 3 aromatic rings. The molecule has 0 saturated heterocycles. The number of hydrogen-bond donors (Lipinski definition) is 1. The van der Waals surface area contributed by atoms with Crippen molar-refractivity contribution in [3.8, 4) is 5.75 Å². The molecule has 0 radical (unpaired) electrons. The van der Waals surface area contributed by atoms with Gasteiger partial charge in [0.1, 0.15) is 17.1 Å². The molecule has 2 heterocycles. The van der Waals surface area contributed by atoms with Crippen molar-refractivity contribution in [3.63, 3.8) is 0 Å². The Balaban J connectivity index is 1.88. The SMILES string of the molecule is COc1cccc(Cn2c(CNC(=O)CC(C)C)nc3cccnc32)c1. The van der Waals surface area contributed by atoms with Gasteiger partial charge in [0.25, 0.3) is 0 Å². The van der Waals surface area contributed by atoms with E-state index in [-0.39, 0.29) is 5.91 Å². The quantitative estimate of drug-likeness (QED) is 0.709. The van der Waals surface area contributed by atoms with Crippen LogP contribution in [-0.2, 0) is 17.9 Å². The average Bonchev–Trinajstić information content (AvgIpc) is 2.97. The number of aromatic nitrogens is 3. The van der Waals surface area contributed by atoms with E-state index in [9.17, 15) is 4.79 Å². The first kappa shape index (κ1) is 17.9. The predicted molar refractivity (Wildman–Crippen MR) is 101 cm³/mol.